The second-order valence-electron chi connectivity index (χ2n) is 5.73. The Hall–Kier alpha value is -3.25. The van der Waals surface area contributed by atoms with Gasteiger partial charge in [-0.15, -0.1) is 11.3 Å². The van der Waals surface area contributed by atoms with E-state index in [-0.39, 0.29) is 5.56 Å². The summed E-state index contributed by atoms with van der Waals surface area (Å²) in [6, 6.07) is 20.4. The Morgan fingerprint density at radius 2 is 1.67 bits per heavy atom. The highest BCUT2D eigenvalue weighted by atomic mass is 32.1. The van der Waals surface area contributed by atoms with Gasteiger partial charge in [0.15, 0.2) is 5.13 Å². The number of anilines is 2. The first-order chi connectivity index (χ1) is 13.2. The summed E-state index contributed by atoms with van der Waals surface area (Å²) in [5, 5.41) is 5.51. The molecule has 3 nitrogen and oxygen atoms in total. The number of hydrogen-bond donors (Lipinski definition) is 1. The Kier molecular flexibility index (Phi) is 4.80. The SMILES string of the molecule is Fc1ccc(-c2csc(Nc3cccc(Oc4ccccc4)c3)n2)c(F)c1. The zero-order valence-corrected chi connectivity index (χ0v) is 14.8. The van der Waals surface area contributed by atoms with Gasteiger partial charge in [0.05, 0.1) is 5.69 Å². The number of nitrogens with one attached hydrogen (secondary N) is 1. The number of nitrogens with zero attached hydrogens (tertiary/aromatic N) is 1. The molecule has 0 aliphatic heterocycles. The van der Waals surface area contributed by atoms with Gasteiger partial charge in [0.1, 0.15) is 23.1 Å². The van der Waals surface area contributed by atoms with Crippen LogP contribution < -0.4 is 10.1 Å². The number of para-hydroxylation sites is 1. The Morgan fingerprint density at radius 3 is 2.48 bits per heavy atom. The first-order valence-corrected chi connectivity index (χ1v) is 9.06. The molecule has 0 aliphatic carbocycles. The molecule has 0 spiro atoms. The highest BCUT2D eigenvalue weighted by molar-refractivity contribution is 7.14. The molecule has 1 aromatic heterocycles. The summed E-state index contributed by atoms with van der Waals surface area (Å²) in [5.74, 6) is 0.190. The van der Waals surface area contributed by atoms with Gasteiger partial charge in [0, 0.05) is 28.8 Å². The van der Waals surface area contributed by atoms with Crippen molar-refractivity contribution in [3.8, 4) is 22.8 Å². The molecule has 0 saturated carbocycles. The highest BCUT2D eigenvalue weighted by Crippen LogP contribution is 2.30. The predicted octanol–water partition coefficient (Wildman–Crippen LogP) is 6.62. The van der Waals surface area contributed by atoms with E-state index < -0.39 is 11.6 Å². The summed E-state index contributed by atoms with van der Waals surface area (Å²) in [7, 11) is 0. The summed E-state index contributed by atoms with van der Waals surface area (Å²) >= 11 is 1.34. The van der Waals surface area contributed by atoms with Crippen molar-refractivity contribution in [3.63, 3.8) is 0 Å². The minimum atomic E-state index is -0.634. The summed E-state index contributed by atoms with van der Waals surface area (Å²) in [6.07, 6.45) is 0. The van der Waals surface area contributed by atoms with Crippen LogP contribution in [-0.4, -0.2) is 4.98 Å². The average Bonchev–Trinajstić information content (AvgIpc) is 3.11. The largest absolute Gasteiger partial charge is 0.457 e. The smallest absolute Gasteiger partial charge is 0.187 e. The fraction of sp³-hybridized carbons (Fsp3) is 0. The van der Waals surface area contributed by atoms with E-state index >= 15 is 0 Å². The Morgan fingerprint density at radius 1 is 0.852 bits per heavy atom. The van der Waals surface area contributed by atoms with Gasteiger partial charge in [0.25, 0.3) is 0 Å². The molecule has 0 fully saturated rings. The van der Waals surface area contributed by atoms with Gasteiger partial charge in [0.2, 0.25) is 0 Å². The fourth-order valence-electron chi connectivity index (χ4n) is 2.54. The molecule has 4 rings (SSSR count). The van der Waals surface area contributed by atoms with Crippen molar-refractivity contribution < 1.29 is 13.5 Å². The van der Waals surface area contributed by atoms with Gasteiger partial charge in [-0.1, -0.05) is 24.3 Å². The van der Waals surface area contributed by atoms with Gasteiger partial charge in [-0.2, -0.15) is 0 Å². The van der Waals surface area contributed by atoms with Crippen molar-refractivity contribution in [1.82, 2.24) is 4.98 Å². The lowest BCUT2D eigenvalue weighted by atomic mass is 10.1. The quantitative estimate of drug-likeness (QED) is 0.422. The topological polar surface area (TPSA) is 34.1 Å². The molecule has 0 saturated heterocycles. The maximum Gasteiger partial charge on any atom is 0.187 e. The lowest BCUT2D eigenvalue weighted by Gasteiger charge is -2.08. The molecule has 0 unspecified atom stereocenters. The summed E-state index contributed by atoms with van der Waals surface area (Å²) in [5.41, 5.74) is 1.52. The van der Waals surface area contributed by atoms with E-state index in [4.69, 9.17) is 4.74 Å². The number of hydrogen-bond acceptors (Lipinski definition) is 4. The molecule has 0 radical (unpaired) electrons. The van der Waals surface area contributed by atoms with Crippen LogP contribution in [0.3, 0.4) is 0 Å². The van der Waals surface area contributed by atoms with Crippen LogP contribution >= 0.6 is 11.3 Å². The minimum absolute atomic E-state index is 0.266. The second kappa shape index (κ2) is 7.55. The van der Waals surface area contributed by atoms with Gasteiger partial charge in [-0.25, -0.2) is 13.8 Å². The molecule has 3 aromatic carbocycles. The van der Waals surface area contributed by atoms with Crippen LogP contribution in [0, 0.1) is 11.6 Å². The highest BCUT2D eigenvalue weighted by Gasteiger charge is 2.11. The molecular formula is C21H14F2N2OS. The number of rotatable bonds is 5. The van der Waals surface area contributed by atoms with Crippen molar-refractivity contribution >= 4 is 22.2 Å². The Balaban J connectivity index is 1.51. The van der Waals surface area contributed by atoms with Crippen LogP contribution in [0.1, 0.15) is 0 Å². The third-order valence-electron chi connectivity index (χ3n) is 3.78. The minimum Gasteiger partial charge on any atom is -0.457 e. The maximum absolute atomic E-state index is 13.9. The van der Waals surface area contributed by atoms with Gasteiger partial charge in [-0.05, 0) is 36.4 Å². The number of aromatic nitrogens is 1. The van der Waals surface area contributed by atoms with E-state index in [1.54, 1.807) is 5.38 Å². The van der Waals surface area contributed by atoms with E-state index in [2.05, 4.69) is 10.3 Å². The van der Waals surface area contributed by atoms with E-state index in [9.17, 15) is 8.78 Å². The molecular weight excluding hydrogens is 366 g/mol. The van der Waals surface area contributed by atoms with Crippen LogP contribution in [0.15, 0.2) is 78.2 Å². The van der Waals surface area contributed by atoms with Crippen molar-refractivity contribution in [2.75, 3.05) is 5.32 Å². The van der Waals surface area contributed by atoms with Gasteiger partial charge >= 0.3 is 0 Å². The van der Waals surface area contributed by atoms with Crippen LogP contribution in [0.25, 0.3) is 11.3 Å². The normalized spacial score (nSPS) is 10.6. The molecule has 4 aromatic rings. The summed E-state index contributed by atoms with van der Waals surface area (Å²) in [4.78, 5) is 4.38. The molecule has 0 aliphatic rings. The van der Waals surface area contributed by atoms with Crippen LogP contribution in [0.4, 0.5) is 19.6 Å². The predicted molar refractivity (Wildman–Crippen MR) is 104 cm³/mol. The number of benzene rings is 3. The second-order valence-corrected chi connectivity index (χ2v) is 6.59. The number of thiazole rings is 1. The molecule has 1 N–H and O–H groups in total. The molecule has 27 heavy (non-hydrogen) atoms. The van der Waals surface area contributed by atoms with Gasteiger partial charge < -0.3 is 10.1 Å². The monoisotopic (exact) mass is 380 g/mol. The molecule has 0 amide bonds. The van der Waals surface area contributed by atoms with Crippen LogP contribution in [0.2, 0.25) is 0 Å². The molecule has 134 valence electrons. The maximum atomic E-state index is 13.9. The third-order valence-corrected chi connectivity index (χ3v) is 4.53. The van der Waals surface area contributed by atoms with Gasteiger partial charge in [-0.3, -0.25) is 0 Å². The van der Waals surface area contributed by atoms with E-state index in [0.29, 0.717) is 16.6 Å². The van der Waals surface area contributed by atoms with Crippen molar-refractivity contribution in [1.29, 1.82) is 0 Å². The van der Waals surface area contributed by atoms with E-state index in [1.165, 1.54) is 23.5 Å². The Bertz CT molecular complexity index is 1070. The Labute approximate surface area is 158 Å². The zero-order chi connectivity index (χ0) is 18.6. The molecule has 1 heterocycles. The standard InChI is InChI=1S/C21H14F2N2OS/c22-14-9-10-18(19(23)11-14)20-13-27-21(25-20)24-15-5-4-8-17(12-15)26-16-6-2-1-3-7-16/h1-13H,(H,24,25). The van der Waals surface area contributed by atoms with Crippen molar-refractivity contribution in [2.24, 2.45) is 0 Å². The van der Waals surface area contributed by atoms with Crippen molar-refractivity contribution in [2.45, 2.75) is 0 Å². The van der Waals surface area contributed by atoms with E-state index in [1.807, 2.05) is 54.6 Å². The van der Waals surface area contributed by atoms with Crippen molar-refractivity contribution in [3.05, 3.63) is 89.8 Å². The number of ether oxygens (including phenoxy) is 1. The first-order valence-electron chi connectivity index (χ1n) is 8.18. The molecule has 6 heteroatoms. The summed E-state index contributed by atoms with van der Waals surface area (Å²) < 4.78 is 32.8. The number of halogens is 2. The molecule has 0 atom stereocenters. The fourth-order valence-corrected chi connectivity index (χ4v) is 3.27. The van der Waals surface area contributed by atoms with Crippen LogP contribution in [0.5, 0.6) is 11.5 Å². The zero-order valence-electron chi connectivity index (χ0n) is 14.0. The summed E-state index contributed by atoms with van der Waals surface area (Å²) in [6.45, 7) is 0. The average molecular weight is 380 g/mol. The molecule has 0 bridgehead atoms. The van der Waals surface area contributed by atoms with Crippen LogP contribution in [-0.2, 0) is 0 Å². The third kappa shape index (κ3) is 4.12. The van der Waals surface area contributed by atoms with E-state index in [0.717, 1.165) is 17.5 Å². The lowest BCUT2D eigenvalue weighted by Crippen LogP contribution is -1.91. The first kappa shape index (κ1) is 17.2. The lowest BCUT2D eigenvalue weighted by molar-refractivity contribution is 0.483.